The minimum Gasteiger partial charge on any atom is -0.338 e. The molecule has 1 aromatic carbocycles. The van der Waals surface area contributed by atoms with Gasteiger partial charge >= 0.3 is 0 Å². The molecule has 0 aliphatic rings. The molecule has 1 N–H and O–H groups in total. The van der Waals surface area contributed by atoms with Crippen molar-refractivity contribution in [2.75, 3.05) is 0 Å². The maximum Gasteiger partial charge on any atom is 0.252 e. The third-order valence-corrected chi connectivity index (χ3v) is 3.64. The van der Waals surface area contributed by atoms with E-state index >= 15 is 0 Å². The van der Waals surface area contributed by atoms with E-state index in [4.69, 9.17) is 6.42 Å². The molecule has 21 heavy (non-hydrogen) atoms. The zero-order valence-electron chi connectivity index (χ0n) is 13.1. The third-order valence-electron chi connectivity index (χ3n) is 3.64. The highest BCUT2D eigenvalue weighted by atomic mass is 16.1. The number of terminal acetylenes is 1. The quantitative estimate of drug-likeness (QED) is 0.495. The van der Waals surface area contributed by atoms with Crippen LogP contribution in [0.15, 0.2) is 30.3 Å². The summed E-state index contributed by atoms with van der Waals surface area (Å²) in [6.07, 6.45) is 15.2. The number of benzene rings is 1. The second kappa shape index (κ2) is 11.0. The van der Waals surface area contributed by atoms with Crippen LogP contribution in [0.3, 0.4) is 0 Å². The molecule has 2 nitrogen and oxygen atoms in total. The molecule has 1 rings (SSSR count). The van der Waals surface area contributed by atoms with E-state index in [2.05, 4.69) is 18.2 Å². The summed E-state index contributed by atoms with van der Waals surface area (Å²) in [5.74, 6) is 2.60. The lowest BCUT2D eigenvalue weighted by Crippen LogP contribution is -2.33. The van der Waals surface area contributed by atoms with Crippen LogP contribution in [0.1, 0.15) is 68.6 Å². The molecule has 0 fully saturated rings. The highest BCUT2D eigenvalue weighted by Crippen LogP contribution is 2.10. The Morgan fingerprint density at radius 1 is 1.10 bits per heavy atom. The number of amides is 1. The fourth-order valence-corrected chi connectivity index (χ4v) is 2.33. The first-order valence-corrected chi connectivity index (χ1v) is 8.10. The molecule has 0 aliphatic carbocycles. The van der Waals surface area contributed by atoms with Crippen molar-refractivity contribution in [3.63, 3.8) is 0 Å². The van der Waals surface area contributed by atoms with Gasteiger partial charge in [0.2, 0.25) is 0 Å². The molecule has 1 atom stereocenters. The van der Waals surface area contributed by atoms with Gasteiger partial charge in [0, 0.05) is 5.56 Å². The summed E-state index contributed by atoms with van der Waals surface area (Å²) in [5, 5.41) is 2.92. The van der Waals surface area contributed by atoms with Gasteiger partial charge < -0.3 is 5.32 Å². The van der Waals surface area contributed by atoms with E-state index in [1.54, 1.807) is 12.1 Å². The van der Waals surface area contributed by atoms with Crippen LogP contribution in [-0.2, 0) is 0 Å². The molecule has 0 spiro atoms. The van der Waals surface area contributed by atoms with Crippen LogP contribution >= 0.6 is 0 Å². The van der Waals surface area contributed by atoms with Crippen LogP contribution in [0.2, 0.25) is 0 Å². The predicted octanol–water partition coefficient (Wildman–Crippen LogP) is 4.56. The fourth-order valence-electron chi connectivity index (χ4n) is 2.33. The smallest absolute Gasteiger partial charge is 0.252 e. The summed E-state index contributed by atoms with van der Waals surface area (Å²) in [6, 6.07) is 9.06. The van der Waals surface area contributed by atoms with Gasteiger partial charge in [0.05, 0.1) is 6.04 Å². The van der Waals surface area contributed by atoms with Crippen molar-refractivity contribution in [2.45, 2.75) is 64.3 Å². The second-order valence-corrected chi connectivity index (χ2v) is 5.47. The van der Waals surface area contributed by atoms with Gasteiger partial charge in [-0.25, -0.2) is 0 Å². The third kappa shape index (κ3) is 7.56. The lowest BCUT2D eigenvalue weighted by molar-refractivity contribution is 0.0944. The van der Waals surface area contributed by atoms with Gasteiger partial charge in [-0.3, -0.25) is 4.79 Å². The summed E-state index contributed by atoms with van der Waals surface area (Å²) in [6.45, 7) is 2.23. The Labute approximate surface area is 129 Å². The van der Waals surface area contributed by atoms with Crippen molar-refractivity contribution in [1.29, 1.82) is 0 Å². The largest absolute Gasteiger partial charge is 0.338 e. The molecular weight excluding hydrogens is 258 g/mol. The second-order valence-electron chi connectivity index (χ2n) is 5.47. The molecule has 0 saturated heterocycles. The topological polar surface area (TPSA) is 29.1 Å². The number of rotatable bonds is 10. The average Bonchev–Trinajstić information content (AvgIpc) is 2.53. The minimum atomic E-state index is -0.159. The molecule has 0 saturated carbocycles. The van der Waals surface area contributed by atoms with Gasteiger partial charge in [0.1, 0.15) is 0 Å². The Hall–Kier alpha value is -1.75. The Bertz CT molecular complexity index is 433. The molecular formula is C19H27NO. The highest BCUT2D eigenvalue weighted by Gasteiger charge is 2.10. The predicted molar refractivity (Wildman–Crippen MR) is 89.1 cm³/mol. The highest BCUT2D eigenvalue weighted by molar-refractivity contribution is 5.94. The maximum atomic E-state index is 12.0. The van der Waals surface area contributed by atoms with E-state index < -0.39 is 0 Å². The lowest BCUT2D eigenvalue weighted by atomic mass is 10.0. The Kier molecular flexibility index (Phi) is 9.04. The van der Waals surface area contributed by atoms with Crippen molar-refractivity contribution >= 4 is 5.91 Å². The zero-order chi connectivity index (χ0) is 15.3. The van der Waals surface area contributed by atoms with Crippen molar-refractivity contribution in [3.8, 4) is 12.3 Å². The van der Waals surface area contributed by atoms with Crippen LogP contribution < -0.4 is 5.32 Å². The first-order valence-electron chi connectivity index (χ1n) is 8.10. The molecule has 0 aliphatic heterocycles. The van der Waals surface area contributed by atoms with Crippen LogP contribution in [0, 0.1) is 12.3 Å². The number of hydrogen-bond acceptors (Lipinski definition) is 1. The standard InChI is InChI=1S/C19H27NO/c1-3-5-6-7-8-9-13-16-18(4-2)20-19(21)17-14-11-10-12-15-17/h2,10-12,14-15,18H,3,5-9,13,16H2,1H3,(H,20,21). The van der Waals surface area contributed by atoms with Gasteiger partial charge in [-0.15, -0.1) is 6.42 Å². The number of unbranched alkanes of at least 4 members (excludes halogenated alkanes) is 6. The van der Waals surface area contributed by atoms with E-state index in [9.17, 15) is 4.79 Å². The first kappa shape index (κ1) is 17.3. The minimum absolute atomic E-state index is 0.0819. The van der Waals surface area contributed by atoms with E-state index in [0.717, 1.165) is 12.8 Å². The summed E-state index contributed by atoms with van der Waals surface area (Å²) >= 11 is 0. The normalized spacial score (nSPS) is 11.6. The molecule has 2 heteroatoms. The number of carbonyl (C=O) groups is 1. The van der Waals surface area contributed by atoms with Crippen molar-refractivity contribution in [2.24, 2.45) is 0 Å². The van der Waals surface area contributed by atoms with Crippen molar-refractivity contribution < 1.29 is 4.79 Å². The summed E-state index contributed by atoms with van der Waals surface area (Å²) in [7, 11) is 0. The lowest BCUT2D eigenvalue weighted by Gasteiger charge is -2.13. The molecule has 0 radical (unpaired) electrons. The van der Waals surface area contributed by atoms with Crippen LogP contribution in [0.4, 0.5) is 0 Å². The van der Waals surface area contributed by atoms with Gasteiger partial charge in [-0.05, 0) is 18.6 Å². The summed E-state index contributed by atoms with van der Waals surface area (Å²) in [5.41, 5.74) is 0.664. The Morgan fingerprint density at radius 3 is 2.33 bits per heavy atom. The fraction of sp³-hybridized carbons (Fsp3) is 0.526. The molecule has 114 valence electrons. The van der Waals surface area contributed by atoms with Crippen LogP contribution in [0.5, 0.6) is 0 Å². The van der Waals surface area contributed by atoms with Crippen LogP contribution in [-0.4, -0.2) is 11.9 Å². The average molecular weight is 285 g/mol. The molecule has 0 bridgehead atoms. The van der Waals surface area contributed by atoms with E-state index in [0.29, 0.717) is 5.56 Å². The van der Waals surface area contributed by atoms with Crippen molar-refractivity contribution in [1.82, 2.24) is 5.32 Å². The Morgan fingerprint density at radius 2 is 1.71 bits per heavy atom. The number of carbonyl (C=O) groups excluding carboxylic acids is 1. The number of hydrogen-bond donors (Lipinski definition) is 1. The summed E-state index contributed by atoms with van der Waals surface area (Å²) < 4.78 is 0. The molecule has 1 amide bonds. The Balaban J connectivity index is 2.20. The van der Waals surface area contributed by atoms with Gasteiger partial charge in [0.25, 0.3) is 5.91 Å². The van der Waals surface area contributed by atoms with Gasteiger partial charge in [-0.2, -0.15) is 0 Å². The van der Waals surface area contributed by atoms with E-state index in [1.807, 2.05) is 18.2 Å². The molecule has 0 aromatic heterocycles. The maximum absolute atomic E-state index is 12.0. The summed E-state index contributed by atoms with van der Waals surface area (Å²) in [4.78, 5) is 12.0. The van der Waals surface area contributed by atoms with E-state index in [1.165, 1.54) is 38.5 Å². The zero-order valence-corrected chi connectivity index (χ0v) is 13.1. The first-order chi connectivity index (χ1) is 10.3. The molecule has 0 heterocycles. The SMILES string of the molecule is C#CC(CCCCCCCCC)NC(=O)c1ccccc1. The molecule has 1 unspecified atom stereocenters. The van der Waals surface area contributed by atoms with E-state index in [-0.39, 0.29) is 11.9 Å². The van der Waals surface area contributed by atoms with Gasteiger partial charge in [-0.1, -0.05) is 76.0 Å². The monoisotopic (exact) mass is 285 g/mol. The van der Waals surface area contributed by atoms with Crippen molar-refractivity contribution in [3.05, 3.63) is 35.9 Å². The number of nitrogens with one attached hydrogen (secondary N) is 1. The van der Waals surface area contributed by atoms with Gasteiger partial charge in [0.15, 0.2) is 0 Å². The van der Waals surface area contributed by atoms with Crippen LogP contribution in [0.25, 0.3) is 0 Å². The molecule has 1 aromatic rings.